The van der Waals surface area contributed by atoms with Crippen molar-refractivity contribution in [3.05, 3.63) is 47.8 Å². The van der Waals surface area contributed by atoms with Gasteiger partial charge in [-0.3, -0.25) is 9.78 Å². The van der Waals surface area contributed by atoms with E-state index in [1.807, 2.05) is 37.8 Å². The van der Waals surface area contributed by atoms with Gasteiger partial charge in [0.1, 0.15) is 5.75 Å². The fourth-order valence-electron chi connectivity index (χ4n) is 3.63. The number of aromatic nitrogens is 1. The number of ether oxygens (including phenoxy) is 1. The summed E-state index contributed by atoms with van der Waals surface area (Å²) >= 11 is 0. The molecule has 1 amide bonds. The zero-order valence-electron chi connectivity index (χ0n) is 16.2. The molecule has 0 unspecified atom stereocenters. The highest BCUT2D eigenvalue weighted by atomic mass is 16.5. The summed E-state index contributed by atoms with van der Waals surface area (Å²) in [4.78, 5) is 19.0. The van der Waals surface area contributed by atoms with Crippen molar-refractivity contribution in [2.45, 2.75) is 39.5 Å². The van der Waals surface area contributed by atoms with E-state index in [0.29, 0.717) is 5.92 Å². The van der Waals surface area contributed by atoms with E-state index in [9.17, 15) is 4.79 Å². The van der Waals surface area contributed by atoms with Crippen LogP contribution in [0.2, 0.25) is 0 Å². The van der Waals surface area contributed by atoms with Crippen molar-refractivity contribution >= 4 is 5.91 Å². The molecule has 0 radical (unpaired) electrons. The van der Waals surface area contributed by atoms with Crippen molar-refractivity contribution in [1.82, 2.24) is 9.88 Å². The van der Waals surface area contributed by atoms with Gasteiger partial charge in [-0.1, -0.05) is 26.0 Å². The number of carbonyl (C=O) groups is 1. The molecule has 1 fully saturated rings. The molecule has 0 saturated carbocycles. The molecule has 1 aliphatic rings. The van der Waals surface area contributed by atoms with E-state index in [-0.39, 0.29) is 11.8 Å². The summed E-state index contributed by atoms with van der Waals surface area (Å²) in [6.45, 7) is 7.63. The van der Waals surface area contributed by atoms with E-state index in [1.165, 1.54) is 5.56 Å². The summed E-state index contributed by atoms with van der Waals surface area (Å²) in [7, 11) is 1.69. The summed E-state index contributed by atoms with van der Waals surface area (Å²) in [5.41, 5.74) is 4.48. The van der Waals surface area contributed by atoms with Gasteiger partial charge < -0.3 is 9.64 Å². The summed E-state index contributed by atoms with van der Waals surface area (Å²) in [5, 5.41) is 0. The topological polar surface area (TPSA) is 42.4 Å². The number of aryl methyl sites for hydroxylation is 1. The summed E-state index contributed by atoms with van der Waals surface area (Å²) in [6.07, 6.45) is 1.96. The fourth-order valence-corrected chi connectivity index (χ4v) is 3.63. The van der Waals surface area contributed by atoms with Gasteiger partial charge >= 0.3 is 0 Å². The Morgan fingerprint density at radius 3 is 2.54 bits per heavy atom. The van der Waals surface area contributed by atoms with Crippen molar-refractivity contribution in [2.75, 3.05) is 20.2 Å². The zero-order valence-corrected chi connectivity index (χ0v) is 16.2. The Hall–Kier alpha value is -2.36. The van der Waals surface area contributed by atoms with Crippen LogP contribution in [0.5, 0.6) is 5.75 Å². The van der Waals surface area contributed by atoms with Crippen molar-refractivity contribution < 1.29 is 9.53 Å². The number of hydrogen-bond acceptors (Lipinski definition) is 3. The molecular formula is C22H28N2O2. The largest absolute Gasteiger partial charge is 0.497 e. The van der Waals surface area contributed by atoms with E-state index in [1.54, 1.807) is 7.11 Å². The quantitative estimate of drug-likeness (QED) is 0.817. The maximum Gasteiger partial charge on any atom is 0.225 e. The van der Waals surface area contributed by atoms with Crippen LogP contribution in [0.25, 0.3) is 11.1 Å². The van der Waals surface area contributed by atoms with E-state index in [2.05, 4.69) is 24.3 Å². The molecule has 4 heteroatoms. The number of benzene rings is 1. The lowest BCUT2D eigenvalue weighted by molar-refractivity contribution is -0.135. The molecule has 1 aromatic carbocycles. The Morgan fingerprint density at radius 1 is 1.15 bits per heavy atom. The second-order valence-electron chi connectivity index (χ2n) is 7.41. The first-order chi connectivity index (χ1) is 12.5. The molecule has 1 aliphatic heterocycles. The Bertz CT molecular complexity index is 777. The van der Waals surface area contributed by atoms with Gasteiger partial charge in [-0.05, 0) is 55.2 Å². The van der Waals surface area contributed by atoms with E-state index in [0.717, 1.165) is 48.6 Å². The summed E-state index contributed by atoms with van der Waals surface area (Å²) in [5.74, 6) is 1.61. The molecular weight excluding hydrogens is 324 g/mol. The third kappa shape index (κ3) is 4.06. The molecule has 26 heavy (non-hydrogen) atoms. The molecule has 2 heterocycles. The number of rotatable bonds is 4. The smallest absolute Gasteiger partial charge is 0.225 e. The molecule has 2 aromatic rings. The number of carbonyl (C=O) groups excluding carboxylic acids is 1. The van der Waals surface area contributed by atoms with Crippen LogP contribution in [0.3, 0.4) is 0 Å². The lowest BCUT2D eigenvalue weighted by Crippen LogP contribution is -2.40. The third-order valence-electron chi connectivity index (χ3n) is 5.10. The van der Waals surface area contributed by atoms with Crippen LogP contribution < -0.4 is 4.74 Å². The minimum Gasteiger partial charge on any atom is -0.497 e. The number of pyridine rings is 1. The molecule has 3 rings (SSSR count). The minimum absolute atomic E-state index is 0.0725. The van der Waals surface area contributed by atoms with Crippen LogP contribution >= 0.6 is 0 Å². The Kier molecular flexibility index (Phi) is 5.60. The number of hydrogen-bond donors (Lipinski definition) is 0. The van der Waals surface area contributed by atoms with Gasteiger partial charge in [0.15, 0.2) is 0 Å². The van der Waals surface area contributed by atoms with Gasteiger partial charge in [0.2, 0.25) is 5.91 Å². The molecule has 0 N–H and O–H groups in total. The number of piperidine rings is 1. The second kappa shape index (κ2) is 7.90. The highest BCUT2D eigenvalue weighted by Gasteiger charge is 2.26. The molecule has 0 aliphatic carbocycles. The van der Waals surface area contributed by atoms with Gasteiger partial charge in [0, 0.05) is 36.3 Å². The van der Waals surface area contributed by atoms with Gasteiger partial charge in [0.25, 0.3) is 0 Å². The van der Waals surface area contributed by atoms with Gasteiger partial charge in [-0.2, -0.15) is 0 Å². The monoisotopic (exact) mass is 352 g/mol. The standard InChI is InChI=1S/C22H28N2O2/c1-15(2)22(25)24-10-8-17(9-11-24)21-14-19(12-16(3)23-21)18-6-5-7-20(13-18)26-4/h5-7,12-15,17H,8-11H2,1-4H3. The lowest BCUT2D eigenvalue weighted by atomic mass is 9.90. The normalized spacial score (nSPS) is 15.3. The molecule has 0 atom stereocenters. The van der Waals surface area contributed by atoms with Crippen LogP contribution in [0.15, 0.2) is 36.4 Å². The number of likely N-dealkylation sites (tertiary alicyclic amines) is 1. The minimum atomic E-state index is 0.0725. The van der Waals surface area contributed by atoms with Crippen molar-refractivity contribution in [3.63, 3.8) is 0 Å². The van der Waals surface area contributed by atoms with Crippen molar-refractivity contribution in [2.24, 2.45) is 5.92 Å². The van der Waals surface area contributed by atoms with Crippen LogP contribution in [-0.4, -0.2) is 36.0 Å². The number of nitrogens with zero attached hydrogens (tertiary/aromatic N) is 2. The van der Waals surface area contributed by atoms with E-state index in [4.69, 9.17) is 9.72 Å². The molecule has 0 bridgehead atoms. The maximum absolute atomic E-state index is 12.2. The van der Waals surface area contributed by atoms with Gasteiger partial charge in [-0.25, -0.2) is 0 Å². The van der Waals surface area contributed by atoms with Crippen LogP contribution in [0, 0.1) is 12.8 Å². The maximum atomic E-state index is 12.2. The van der Waals surface area contributed by atoms with Crippen LogP contribution in [0.1, 0.15) is 44.0 Å². The van der Waals surface area contributed by atoms with Crippen molar-refractivity contribution in [3.8, 4) is 16.9 Å². The average molecular weight is 352 g/mol. The summed E-state index contributed by atoms with van der Waals surface area (Å²) < 4.78 is 5.35. The Balaban J connectivity index is 1.79. The Labute approximate surface area is 156 Å². The predicted octanol–water partition coefficient (Wildman–Crippen LogP) is 4.43. The molecule has 0 spiro atoms. The second-order valence-corrected chi connectivity index (χ2v) is 7.41. The molecule has 4 nitrogen and oxygen atoms in total. The summed E-state index contributed by atoms with van der Waals surface area (Å²) in [6, 6.07) is 12.5. The van der Waals surface area contributed by atoms with E-state index < -0.39 is 0 Å². The first-order valence-corrected chi connectivity index (χ1v) is 9.39. The van der Waals surface area contributed by atoms with Gasteiger partial charge in [0.05, 0.1) is 7.11 Å². The zero-order chi connectivity index (χ0) is 18.7. The highest BCUT2D eigenvalue weighted by molar-refractivity contribution is 5.78. The van der Waals surface area contributed by atoms with Crippen molar-refractivity contribution in [1.29, 1.82) is 0 Å². The fraction of sp³-hybridized carbons (Fsp3) is 0.455. The van der Waals surface area contributed by atoms with Gasteiger partial charge in [-0.15, -0.1) is 0 Å². The number of amides is 1. The third-order valence-corrected chi connectivity index (χ3v) is 5.10. The molecule has 1 aromatic heterocycles. The SMILES string of the molecule is COc1cccc(-c2cc(C)nc(C3CCN(C(=O)C(C)C)CC3)c2)c1. The molecule has 1 saturated heterocycles. The predicted molar refractivity (Wildman–Crippen MR) is 104 cm³/mol. The Morgan fingerprint density at radius 2 is 1.88 bits per heavy atom. The first-order valence-electron chi connectivity index (χ1n) is 9.39. The average Bonchev–Trinajstić information content (AvgIpc) is 2.67. The van der Waals surface area contributed by atoms with Crippen LogP contribution in [-0.2, 0) is 4.79 Å². The first kappa shape index (κ1) is 18.4. The highest BCUT2D eigenvalue weighted by Crippen LogP contribution is 2.31. The van der Waals surface area contributed by atoms with Crippen LogP contribution in [0.4, 0.5) is 0 Å². The molecule has 138 valence electrons. The number of methoxy groups -OCH3 is 1. The van der Waals surface area contributed by atoms with E-state index >= 15 is 0 Å². The lowest BCUT2D eigenvalue weighted by Gasteiger charge is -2.33.